The Morgan fingerprint density at radius 1 is 1.17 bits per heavy atom. The fraction of sp³-hybridized carbons (Fsp3) is 0.294. The fourth-order valence-corrected chi connectivity index (χ4v) is 2.72. The molecular formula is C17H19ClN4O. The third-order valence-electron chi connectivity index (χ3n) is 3.94. The predicted molar refractivity (Wildman–Crippen MR) is 93.4 cm³/mol. The van der Waals surface area contributed by atoms with Gasteiger partial charge in [0.2, 0.25) is 0 Å². The van der Waals surface area contributed by atoms with Crippen LogP contribution in [0, 0.1) is 0 Å². The summed E-state index contributed by atoms with van der Waals surface area (Å²) in [5, 5.41) is 3.33. The second-order valence-electron chi connectivity index (χ2n) is 5.66. The fourth-order valence-electron chi connectivity index (χ4n) is 2.53. The van der Waals surface area contributed by atoms with Crippen molar-refractivity contribution in [3.05, 3.63) is 53.2 Å². The van der Waals surface area contributed by atoms with Crippen LogP contribution >= 0.6 is 11.6 Å². The van der Waals surface area contributed by atoms with Crippen LogP contribution in [0.2, 0.25) is 5.02 Å². The molecule has 6 heteroatoms. The van der Waals surface area contributed by atoms with Gasteiger partial charge in [-0.1, -0.05) is 17.7 Å². The lowest BCUT2D eigenvalue weighted by atomic mass is 10.2. The number of nitrogens with zero attached hydrogens (tertiary/aromatic N) is 3. The van der Waals surface area contributed by atoms with Gasteiger partial charge >= 0.3 is 0 Å². The molecule has 23 heavy (non-hydrogen) atoms. The third-order valence-corrected chi connectivity index (χ3v) is 4.18. The number of carbonyl (C=O) groups excluding carboxylic acids is 1. The molecule has 3 rings (SSSR count). The van der Waals surface area contributed by atoms with Crippen LogP contribution in [-0.2, 0) is 0 Å². The number of anilines is 2. The van der Waals surface area contributed by atoms with Crippen LogP contribution < -0.4 is 10.2 Å². The number of benzene rings is 1. The van der Waals surface area contributed by atoms with E-state index in [2.05, 4.69) is 27.1 Å². The van der Waals surface area contributed by atoms with E-state index in [0.717, 1.165) is 31.9 Å². The van der Waals surface area contributed by atoms with Gasteiger partial charge in [-0.05, 0) is 37.4 Å². The van der Waals surface area contributed by atoms with Crippen LogP contribution in [0.3, 0.4) is 0 Å². The topological polar surface area (TPSA) is 48.5 Å². The zero-order valence-electron chi connectivity index (χ0n) is 13.0. The minimum atomic E-state index is -0.215. The number of aromatic nitrogens is 1. The number of amides is 1. The molecule has 0 unspecified atom stereocenters. The van der Waals surface area contributed by atoms with Crippen molar-refractivity contribution >= 4 is 29.0 Å². The minimum Gasteiger partial charge on any atom is -0.368 e. The lowest BCUT2D eigenvalue weighted by molar-refractivity contribution is 0.102. The van der Waals surface area contributed by atoms with Gasteiger partial charge in [0.05, 0.1) is 11.9 Å². The number of likely N-dealkylation sites (N-methyl/N-ethyl adjacent to an activating group) is 1. The van der Waals surface area contributed by atoms with Crippen molar-refractivity contribution in [2.75, 3.05) is 43.4 Å². The van der Waals surface area contributed by atoms with E-state index in [1.165, 1.54) is 0 Å². The summed E-state index contributed by atoms with van der Waals surface area (Å²) in [4.78, 5) is 21.1. The molecule has 1 saturated heterocycles. The predicted octanol–water partition coefficient (Wildman–Crippen LogP) is 2.74. The van der Waals surface area contributed by atoms with Crippen molar-refractivity contribution in [3.63, 3.8) is 0 Å². The first-order chi connectivity index (χ1) is 11.1. The van der Waals surface area contributed by atoms with Gasteiger partial charge in [-0.3, -0.25) is 4.79 Å². The summed E-state index contributed by atoms with van der Waals surface area (Å²) in [6.45, 7) is 4.08. The third kappa shape index (κ3) is 4.00. The second kappa shape index (κ2) is 6.98. The summed E-state index contributed by atoms with van der Waals surface area (Å²) in [5.41, 5.74) is 1.60. The van der Waals surface area contributed by atoms with Crippen LogP contribution in [0.1, 0.15) is 10.4 Å². The number of hydrogen-bond donors (Lipinski definition) is 1. The molecule has 0 saturated carbocycles. The highest BCUT2D eigenvalue weighted by Gasteiger charge is 2.14. The number of halogens is 1. The molecule has 1 aromatic heterocycles. The highest BCUT2D eigenvalue weighted by molar-refractivity contribution is 6.31. The molecule has 1 N–H and O–H groups in total. The highest BCUT2D eigenvalue weighted by Crippen LogP contribution is 2.18. The van der Waals surface area contributed by atoms with Gasteiger partial charge in [-0.25, -0.2) is 4.98 Å². The highest BCUT2D eigenvalue weighted by atomic mass is 35.5. The van der Waals surface area contributed by atoms with E-state index in [4.69, 9.17) is 11.6 Å². The Morgan fingerprint density at radius 2 is 1.96 bits per heavy atom. The quantitative estimate of drug-likeness (QED) is 0.940. The lowest BCUT2D eigenvalue weighted by Gasteiger charge is -2.33. The molecule has 2 aromatic rings. The smallest absolute Gasteiger partial charge is 0.256 e. The van der Waals surface area contributed by atoms with Gasteiger partial charge in [0, 0.05) is 36.8 Å². The number of rotatable bonds is 3. The van der Waals surface area contributed by atoms with E-state index >= 15 is 0 Å². The Kier molecular flexibility index (Phi) is 4.79. The number of piperazine rings is 1. The first-order valence-corrected chi connectivity index (χ1v) is 7.96. The van der Waals surface area contributed by atoms with Crippen molar-refractivity contribution in [2.24, 2.45) is 0 Å². The van der Waals surface area contributed by atoms with Gasteiger partial charge in [0.25, 0.3) is 5.91 Å². The molecule has 1 fully saturated rings. The molecule has 5 nitrogen and oxygen atoms in total. The average molecular weight is 331 g/mol. The van der Waals surface area contributed by atoms with Gasteiger partial charge < -0.3 is 15.1 Å². The van der Waals surface area contributed by atoms with Gasteiger partial charge in [-0.15, -0.1) is 0 Å². The molecule has 1 aliphatic heterocycles. The van der Waals surface area contributed by atoms with Crippen LogP contribution in [0.5, 0.6) is 0 Å². The molecule has 2 heterocycles. The van der Waals surface area contributed by atoms with Gasteiger partial charge in [0.1, 0.15) is 5.82 Å². The molecule has 1 aliphatic rings. The minimum absolute atomic E-state index is 0.215. The van der Waals surface area contributed by atoms with Crippen molar-refractivity contribution < 1.29 is 4.79 Å². The number of carbonyl (C=O) groups is 1. The number of nitrogens with one attached hydrogen (secondary N) is 1. The van der Waals surface area contributed by atoms with E-state index in [1.807, 2.05) is 12.1 Å². The summed E-state index contributed by atoms with van der Waals surface area (Å²) >= 11 is 5.90. The summed E-state index contributed by atoms with van der Waals surface area (Å²) in [5.74, 6) is 0.320. The molecule has 0 aliphatic carbocycles. The molecule has 0 bridgehead atoms. The summed E-state index contributed by atoms with van der Waals surface area (Å²) in [7, 11) is 2.13. The van der Waals surface area contributed by atoms with Crippen LogP contribution in [0.25, 0.3) is 0 Å². The maximum Gasteiger partial charge on any atom is 0.256 e. The van der Waals surface area contributed by atoms with Gasteiger partial charge in [-0.2, -0.15) is 0 Å². The Labute approximate surface area is 140 Å². The van der Waals surface area contributed by atoms with Crippen molar-refractivity contribution in [2.45, 2.75) is 0 Å². The standard InChI is InChI=1S/C17H19ClN4O/c1-21-7-9-22(10-8-21)15-5-6-16(19-12-15)20-17(23)13-3-2-4-14(18)11-13/h2-6,11-12H,7-10H2,1H3,(H,19,20,23). The summed E-state index contributed by atoms with van der Waals surface area (Å²) in [6, 6.07) is 10.7. The Balaban J connectivity index is 1.64. The molecule has 1 amide bonds. The molecular weight excluding hydrogens is 312 g/mol. The number of pyridine rings is 1. The van der Waals surface area contributed by atoms with Crippen LogP contribution in [0.15, 0.2) is 42.6 Å². The van der Waals surface area contributed by atoms with E-state index in [-0.39, 0.29) is 5.91 Å². The largest absolute Gasteiger partial charge is 0.368 e. The molecule has 120 valence electrons. The Hall–Kier alpha value is -2.11. The first-order valence-electron chi connectivity index (χ1n) is 7.58. The molecule has 0 spiro atoms. The Bertz CT molecular complexity index is 681. The van der Waals surface area contributed by atoms with Crippen LogP contribution in [-0.4, -0.2) is 49.0 Å². The first kappa shape index (κ1) is 15.8. The summed E-state index contributed by atoms with van der Waals surface area (Å²) < 4.78 is 0. The lowest BCUT2D eigenvalue weighted by Crippen LogP contribution is -2.44. The monoisotopic (exact) mass is 330 g/mol. The van der Waals surface area contributed by atoms with E-state index in [1.54, 1.807) is 30.5 Å². The number of hydrogen-bond acceptors (Lipinski definition) is 4. The molecule has 0 atom stereocenters. The van der Waals surface area contributed by atoms with E-state index in [9.17, 15) is 4.79 Å². The van der Waals surface area contributed by atoms with E-state index < -0.39 is 0 Å². The average Bonchev–Trinajstić information content (AvgIpc) is 2.56. The zero-order valence-corrected chi connectivity index (χ0v) is 13.8. The Morgan fingerprint density at radius 3 is 2.61 bits per heavy atom. The molecule has 0 radical (unpaired) electrons. The maximum absolute atomic E-state index is 12.2. The van der Waals surface area contributed by atoms with E-state index in [0.29, 0.717) is 16.4 Å². The maximum atomic E-state index is 12.2. The SMILES string of the molecule is CN1CCN(c2ccc(NC(=O)c3cccc(Cl)c3)nc2)CC1. The zero-order chi connectivity index (χ0) is 16.2. The van der Waals surface area contributed by atoms with Crippen molar-refractivity contribution in [3.8, 4) is 0 Å². The van der Waals surface area contributed by atoms with Crippen molar-refractivity contribution in [1.29, 1.82) is 0 Å². The van der Waals surface area contributed by atoms with Crippen molar-refractivity contribution in [1.82, 2.24) is 9.88 Å². The normalized spacial score (nSPS) is 15.5. The summed E-state index contributed by atoms with van der Waals surface area (Å²) in [6.07, 6.45) is 1.80. The van der Waals surface area contributed by atoms with Crippen LogP contribution in [0.4, 0.5) is 11.5 Å². The van der Waals surface area contributed by atoms with Gasteiger partial charge in [0.15, 0.2) is 0 Å². The molecule has 1 aromatic carbocycles. The second-order valence-corrected chi connectivity index (χ2v) is 6.09.